The fourth-order valence-electron chi connectivity index (χ4n) is 3.69. The van der Waals surface area contributed by atoms with E-state index < -0.39 is 0 Å². The Balaban J connectivity index is 1.55. The van der Waals surface area contributed by atoms with Crippen LogP contribution >= 0.6 is 0 Å². The van der Waals surface area contributed by atoms with E-state index in [-0.39, 0.29) is 18.3 Å². The van der Waals surface area contributed by atoms with Crippen molar-refractivity contribution in [1.29, 1.82) is 0 Å². The average Bonchev–Trinajstić information content (AvgIpc) is 2.83. The van der Waals surface area contributed by atoms with Crippen molar-refractivity contribution in [3.8, 4) is 0 Å². The molecule has 0 spiro atoms. The molecule has 1 heterocycles. The van der Waals surface area contributed by atoms with Crippen molar-refractivity contribution in [2.75, 3.05) is 77.3 Å². The highest BCUT2D eigenvalue weighted by Gasteiger charge is 2.21. The standard InChI is InChI=1S/C26H34N4O3/c1-28(2)14-13-27-23-10-7-21(8-11-23)9-12-25(31)22-5-4-6-24(19-22)29-15-17-30(18-16-29)26(32)20-33-3/h4-12,19,27H,13-18,20H2,1-3H3. The van der Waals surface area contributed by atoms with E-state index in [1.54, 1.807) is 6.08 Å². The number of anilines is 2. The monoisotopic (exact) mass is 450 g/mol. The van der Waals surface area contributed by atoms with Crippen LogP contribution in [0.5, 0.6) is 0 Å². The number of allylic oxidation sites excluding steroid dienone is 1. The highest BCUT2D eigenvalue weighted by atomic mass is 16.5. The SMILES string of the molecule is COCC(=O)N1CCN(c2cccc(C(=O)C=Cc3ccc(NCCN(C)C)cc3)c2)CC1. The summed E-state index contributed by atoms with van der Waals surface area (Å²) >= 11 is 0. The highest BCUT2D eigenvalue weighted by molar-refractivity contribution is 6.07. The van der Waals surface area contributed by atoms with Crippen LogP contribution in [0.4, 0.5) is 11.4 Å². The predicted molar refractivity (Wildman–Crippen MR) is 134 cm³/mol. The summed E-state index contributed by atoms with van der Waals surface area (Å²) in [4.78, 5) is 30.9. The van der Waals surface area contributed by atoms with Gasteiger partial charge in [0.25, 0.3) is 0 Å². The lowest BCUT2D eigenvalue weighted by atomic mass is 10.1. The van der Waals surface area contributed by atoms with E-state index in [0.717, 1.165) is 43.1 Å². The molecule has 0 atom stereocenters. The molecule has 1 saturated heterocycles. The Bertz CT molecular complexity index is 948. The molecule has 7 heteroatoms. The minimum atomic E-state index is -0.0288. The van der Waals surface area contributed by atoms with Crippen LogP contribution in [-0.2, 0) is 9.53 Å². The Morgan fingerprint density at radius 3 is 2.45 bits per heavy atom. The number of piperazine rings is 1. The van der Waals surface area contributed by atoms with Crippen LogP contribution < -0.4 is 10.2 Å². The average molecular weight is 451 g/mol. The number of nitrogens with one attached hydrogen (secondary N) is 1. The van der Waals surface area contributed by atoms with Crippen molar-refractivity contribution >= 4 is 29.1 Å². The third kappa shape index (κ3) is 7.44. The van der Waals surface area contributed by atoms with E-state index in [1.165, 1.54) is 7.11 Å². The number of carbonyl (C=O) groups is 2. The van der Waals surface area contributed by atoms with Crippen molar-refractivity contribution in [1.82, 2.24) is 9.80 Å². The Hall–Kier alpha value is -3.16. The third-order valence-corrected chi connectivity index (χ3v) is 5.62. The maximum absolute atomic E-state index is 12.7. The number of benzene rings is 2. The molecule has 0 saturated carbocycles. The number of ether oxygens (including phenoxy) is 1. The first-order valence-corrected chi connectivity index (χ1v) is 11.3. The van der Waals surface area contributed by atoms with Gasteiger partial charge < -0.3 is 24.8 Å². The van der Waals surface area contributed by atoms with Gasteiger partial charge >= 0.3 is 0 Å². The van der Waals surface area contributed by atoms with Gasteiger partial charge in [0.2, 0.25) is 5.91 Å². The van der Waals surface area contributed by atoms with Crippen LogP contribution in [0.25, 0.3) is 6.08 Å². The molecule has 1 fully saturated rings. The molecule has 7 nitrogen and oxygen atoms in total. The first-order valence-electron chi connectivity index (χ1n) is 11.3. The molecule has 2 aromatic carbocycles. The second-order valence-corrected chi connectivity index (χ2v) is 8.40. The lowest BCUT2D eigenvalue weighted by molar-refractivity contribution is -0.135. The summed E-state index contributed by atoms with van der Waals surface area (Å²) in [5, 5.41) is 3.38. The van der Waals surface area contributed by atoms with E-state index in [1.807, 2.05) is 59.5 Å². The van der Waals surface area contributed by atoms with Gasteiger partial charge in [-0.25, -0.2) is 0 Å². The third-order valence-electron chi connectivity index (χ3n) is 5.62. The second kappa shape index (κ2) is 12.2. The Labute approximate surface area is 196 Å². The van der Waals surface area contributed by atoms with Crippen LogP contribution in [0, 0.1) is 0 Å². The van der Waals surface area contributed by atoms with Gasteiger partial charge in [0.05, 0.1) is 0 Å². The normalized spacial score (nSPS) is 14.2. The van der Waals surface area contributed by atoms with Crippen molar-refractivity contribution < 1.29 is 14.3 Å². The number of methoxy groups -OCH3 is 1. The predicted octanol–water partition coefficient (Wildman–Crippen LogP) is 2.85. The Morgan fingerprint density at radius 1 is 1.06 bits per heavy atom. The number of carbonyl (C=O) groups excluding carboxylic acids is 2. The summed E-state index contributed by atoms with van der Waals surface area (Å²) in [5.41, 5.74) is 3.71. The summed E-state index contributed by atoms with van der Waals surface area (Å²) in [7, 11) is 5.63. The summed E-state index contributed by atoms with van der Waals surface area (Å²) < 4.78 is 4.94. The van der Waals surface area contributed by atoms with Crippen LogP contribution in [0.3, 0.4) is 0 Å². The van der Waals surface area contributed by atoms with Gasteiger partial charge in [-0.05, 0) is 50.0 Å². The van der Waals surface area contributed by atoms with Crippen molar-refractivity contribution in [3.63, 3.8) is 0 Å². The van der Waals surface area contributed by atoms with Crippen LogP contribution in [0.1, 0.15) is 15.9 Å². The molecule has 3 rings (SSSR count). The lowest BCUT2D eigenvalue weighted by Gasteiger charge is -2.36. The summed E-state index contributed by atoms with van der Waals surface area (Å²) in [6, 6.07) is 15.7. The van der Waals surface area contributed by atoms with Crippen LogP contribution in [0.2, 0.25) is 0 Å². The highest BCUT2D eigenvalue weighted by Crippen LogP contribution is 2.19. The van der Waals surface area contributed by atoms with E-state index in [9.17, 15) is 9.59 Å². The van der Waals surface area contributed by atoms with E-state index in [0.29, 0.717) is 18.7 Å². The molecule has 0 bridgehead atoms. The zero-order chi connectivity index (χ0) is 23.6. The minimum absolute atomic E-state index is 0.0172. The molecule has 0 radical (unpaired) electrons. The first-order chi connectivity index (χ1) is 16.0. The molecular formula is C26H34N4O3. The van der Waals surface area contributed by atoms with Crippen LogP contribution in [-0.4, -0.2) is 88.6 Å². The van der Waals surface area contributed by atoms with Gasteiger partial charge in [-0.1, -0.05) is 30.3 Å². The minimum Gasteiger partial charge on any atom is -0.384 e. The molecule has 1 aliphatic heterocycles. The number of hydrogen-bond donors (Lipinski definition) is 1. The molecular weight excluding hydrogens is 416 g/mol. The molecule has 0 aromatic heterocycles. The molecule has 0 aliphatic carbocycles. The molecule has 1 amide bonds. The smallest absolute Gasteiger partial charge is 0.248 e. The zero-order valence-electron chi connectivity index (χ0n) is 19.8. The van der Waals surface area contributed by atoms with Crippen LogP contribution in [0.15, 0.2) is 54.6 Å². The molecule has 2 aromatic rings. The van der Waals surface area contributed by atoms with Gasteiger partial charge in [0.15, 0.2) is 5.78 Å². The molecule has 33 heavy (non-hydrogen) atoms. The van der Waals surface area contributed by atoms with Crippen molar-refractivity contribution in [2.24, 2.45) is 0 Å². The maximum Gasteiger partial charge on any atom is 0.248 e. The second-order valence-electron chi connectivity index (χ2n) is 8.40. The Kier molecular flexibility index (Phi) is 9.04. The fourth-order valence-corrected chi connectivity index (χ4v) is 3.69. The molecule has 1 aliphatic rings. The number of hydrogen-bond acceptors (Lipinski definition) is 6. The topological polar surface area (TPSA) is 65.1 Å². The Morgan fingerprint density at radius 2 is 1.79 bits per heavy atom. The summed E-state index contributed by atoms with van der Waals surface area (Å²) in [6.07, 6.45) is 3.47. The molecule has 0 unspecified atom stereocenters. The van der Waals surface area contributed by atoms with E-state index in [4.69, 9.17) is 4.74 Å². The number of ketones is 1. The molecule has 176 valence electrons. The summed E-state index contributed by atoms with van der Waals surface area (Å²) in [5.74, 6) is -0.0115. The van der Waals surface area contributed by atoms with Gasteiger partial charge in [0, 0.05) is 63.3 Å². The first kappa shape index (κ1) is 24.5. The number of likely N-dealkylation sites (N-methyl/N-ethyl adjacent to an activating group) is 1. The van der Waals surface area contributed by atoms with E-state index in [2.05, 4.69) is 29.2 Å². The quantitative estimate of drug-likeness (QED) is 0.444. The zero-order valence-corrected chi connectivity index (χ0v) is 19.8. The summed E-state index contributed by atoms with van der Waals surface area (Å²) in [6.45, 7) is 4.74. The number of rotatable bonds is 10. The van der Waals surface area contributed by atoms with Gasteiger partial charge in [0.1, 0.15) is 6.61 Å². The number of nitrogens with zero attached hydrogens (tertiary/aromatic N) is 3. The maximum atomic E-state index is 12.7. The lowest BCUT2D eigenvalue weighted by Crippen LogP contribution is -2.49. The van der Waals surface area contributed by atoms with Crippen molar-refractivity contribution in [2.45, 2.75) is 0 Å². The number of amides is 1. The van der Waals surface area contributed by atoms with Gasteiger partial charge in [-0.2, -0.15) is 0 Å². The van der Waals surface area contributed by atoms with Crippen molar-refractivity contribution in [3.05, 3.63) is 65.7 Å². The fraction of sp³-hybridized carbons (Fsp3) is 0.385. The van der Waals surface area contributed by atoms with Gasteiger partial charge in [-0.3, -0.25) is 9.59 Å². The van der Waals surface area contributed by atoms with E-state index >= 15 is 0 Å². The largest absolute Gasteiger partial charge is 0.384 e. The van der Waals surface area contributed by atoms with Gasteiger partial charge in [-0.15, -0.1) is 0 Å². The molecule has 1 N–H and O–H groups in total.